The highest BCUT2D eigenvalue weighted by atomic mass is 32.2. The molecule has 0 amide bonds. The van der Waals surface area contributed by atoms with Crippen molar-refractivity contribution < 1.29 is 8.42 Å². The van der Waals surface area contributed by atoms with Crippen molar-refractivity contribution >= 4 is 26.6 Å². The second-order valence-electron chi connectivity index (χ2n) is 8.34. The number of hydrogen-bond donors (Lipinski definition) is 0. The number of likely N-dealkylation sites (N-methyl/N-ethyl adjacent to an activating group) is 2. The van der Waals surface area contributed by atoms with E-state index < -0.39 is 10.0 Å². The Morgan fingerprint density at radius 1 is 1.00 bits per heavy atom. The van der Waals surface area contributed by atoms with Gasteiger partial charge in [-0.1, -0.05) is 18.2 Å². The van der Waals surface area contributed by atoms with Crippen LogP contribution in [-0.2, 0) is 23.0 Å². The first-order valence-corrected chi connectivity index (χ1v) is 11.8. The topological polar surface area (TPSA) is 58.4 Å². The second kappa shape index (κ2) is 7.34. The highest BCUT2D eigenvalue weighted by molar-refractivity contribution is 7.90. The van der Waals surface area contributed by atoms with Gasteiger partial charge in [-0.05, 0) is 61.8 Å². The van der Waals surface area contributed by atoms with Crippen molar-refractivity contribution in [3.05, 3.63) is 65.5 Å². The quantitative estimate of drug-likeness (QED) is 0.650. The fourth-order valence-corrected chi connectivity index (χ4v) is 6.13. The van der Waals surface area contributed by atoms with Crippen molar-refractivity contribution in [1.29, 1.82) is 0 Å². The van der Waals surface area contributed by atoms with Crippen LogP contribution in [0, 0.1) is 0 Å². The van der Waals surface area contributed by atoms with Gasteiger partial charge in [-0.25, -0.2) is 12.4 Å². The first-order valence-electron chi connectivity index (χ1n) is 10.3. The molecule has 1 aromatic carbocycles. The fraction of sp³-hybridized carbons (Fsp3) is 0.348. The summed E-state index contributed by atoms with van der Waals surface area (Å²) in [6.07, 6.45) is 7.45. The van der Waals surface area contributed by atoms with E-state index in [1.807, 2.05) is 25.2 Å². The van der Waals surface area contributed by atoms with Crippen LogP contribution in [0.2, 0.25) is 0 Å². The number of rotatable bonds is 3. The zero-order chi connectivity index (χ0) is 20.9. The molecule has 4 heterocycles. The summed E-state index contributed by atoms with van der Waals surface area (Å²) < 4.78 is 29.2. The molecule has 0 saturated carbocycles. The average molecular weight is 423 g/mol. The van der Waals surface area contributed by atoms with Gasteiger partial charge >= 0.3 is 0 Å². The van der Waals surface area contributed by atoms with Crippen LogP contribution in [0.4, 0.5) is 0 Å². The van der Waals surface area contributed by atoms with Crippen molar-refractivity contribution in [2.45, 2.75) is 24.3 Å². The molecule has 0 bridgehead atoms. The van der Waals surface area contributed by atoms with Gasteiger partial charge in [0, 0.05) is 44.1 Å². The van der Waals surface area contributed by atoms with Gasteiger partial charge in [0.25, 0.3) is 10.0 Å². The molecule has 156 valence electrons. The zero-order valence-corrected chi connectivity index (χ0v) is 18.2. The lowest BCUT2D eigenvalue weighted by molar-refractivity contribution is 0.309. The van der Waals surface area contributed by atoms with E-state index in [1.165, 1.54) is 9.55 Å². The van der Waals surface area contributed by atoms with Crippen molar-refractivity contribution in [2.24, 2.45) is 0 Å². The molecule has 0 atom stereocenters. The molecule has 0 saturated heterocycles. The smallest absolute Gasteiger partial charge is 0.268 e. The van der Waals surface area contributed by atoms with Gasteiger partial charge in [-0.2, -0.15) is 0 Å². The van der Waals surface area contributed by atoms with Gasteiger partial charge in [0.1, 0.15) is 0 Å². The normalized spacial score (nSPS) is 18.4. The number of hydrogen-bond acceptors (Lipinski definition) is 5. The number of fused-ring (bicyclic) bond motifs is 2. The molecule has 5 rings (SSSR count). The molecule has 0 spiro atoms. The van der Waals surface area contributed by atoms with Gasteiger partial charge in [-0.3, -0.25) is 4.98 Å². The predicted molar refractivity (Wildman–Crippen MR) is 119 cm³/mol. The Kier molecular flexibility index (Phi) is 4.76. The summed E-state index contributed by atoms with van der Waals surface area (Å²) in [5.74, 6) is 0. The summed E-state index contributed by atoms with van der Waals surface area (Å²) in [5, 5.41) is 0. The summed E-state index contributed by atoms with van der Waals surface area (Å²) in [7, 11) is 0.379. The van der Waals surface area contributed by atoms with Gasteiger partial charge in [0.15, 0.2) is 0 Å². The minimum atomic E-state index is -3.75. The number of benzene rings is 1. The lowest BCUT2D eigenvalue weighted by Gasteiger charge is -2.27. The lowest BCUT2D eigenvalue weighted by Crippen LogP contribution is -2.28. The van der Waals surface area contributed by atoms with Crippen LogP contribution in [0.1, 0.15) is 23.1 Å². The molecule has 0 N–H and O–H groups in total. The van der Waals surface area contributed by atoms with E-state index in [-0.39, 0.29) is 0 Å². The Labute approximate surface area is 177 Å². The number of aromatic nitrogens is 2. The number of nitrogens with zero attached hydrogens (tertiary/aromatic N) is 4. The molecule has 30 heavy (non-hydrogen) atoms. The fourth-order valence-electron chi connectivity index (χ4n) is 4.51. The van der Waals surface area contributed by atoms with Crippen LogP contribution < -0.4 is 0 Å². The third-order valence-corrected chi connectivity index (χ3v) is 8.00. The maximum atomic E-state index is 13.9. The SMILES string of the molecule is CN1CC=C(c2cn(S(=O)(=O)c3cccc4c3CN(C)CC4)c3cccnc23)CC1. The zero-order valence-electron chi connectivity index (χ0n) is 17.4. The van der Waals surface area contributed by atoms with Gasteiger partial charge in [0.2, 0.25) is 0 Å². The van der Waals surface area contributed by atoms with E-state index in [1.54, 1.807) is 24.5 Å². The van der Waals surface area contributed by atoms with E-state index in [4.69, 9.17) is 0 Å². The molecule has 2 aliphatic rings. The summed E-state index contributed by atoms with van der Waals surface area (Å²) in [6.45, 7) is 3.41. The molecule has 7 heteroatoms. The molecule has 2 aliphatic heterocycles. The molecule has 0 fully saturated rings. The van der Waals surface area contributed by atoms with E-state index in [9.17, 15) is 8.42 Å². The molecule has 0 aliphatic carbocycles. The van der Waals surface area contributed by atoms with Crippen molar-refractivity contribution in [3.8, 4) is 0 Å². The Balaban J connectivity index is 1.69. The van der Waals surface area contributed by atoms with Gasteiger partial charge in [0.05, 0.1) is 15.9 Å². The Bertz CT molecular complexity index is 1260. The van der Waals surface area contributed by atoms with Gasteiger partial charge < -0.3 is 9.80 Å². The summed E-state index contributed by atoms with van der Waals surface area (Å²) in [6, 6.07) is 9.30. The molecular weight excluding hydrogens is 396 g/mol. The second-order valence-corrected chi connectivity index (χ2v) is 10.1. The van der Waals surface area contributed by atoms with Crippen LogP contribution in [0.5, 0.6) is 0 Å². The molecule has 6 nitrogen and oxygen atoms in total. The van der Waals surface area contributed by atoms with E-state index in [0.717, 1.165) is 54.7 Å². The lowest BCUT2D eigenvalue weighted by atomic mass is 10.0. The van der Waals surface area contributed by atoms with Crippen molar-refractivity contribution in [2.75, 3.05) is 33.7 Å². The number of pyridine rings is 1. The monoisotopic (exact) mass is 422 g/mol. The van der Waals surface area contributed by atoms with Gasteiger partial charge in [-0.15, -0.1) is 0 Å². The average Bonchev–Trinajstić information content (AvgIpc) is 3.14. The third-order valence-electron chi connectivity index (χ3n) is 6.24. The van der Waals surface area contributed by atoms with E-state index in [2.05, 4.69) is 27.9 Å². The van der Waals surface area contributed by atoms with Crippen LogP contribution >= 0.6 is 0 Å². The minimum absolute atomic E-state index is 0.399. The van der Waals surface area contributed by atoms with E-state index in [0.29, 0.717) is 17.0 Å². The minimum Gasteiger partial charge on any atom is -0.302 e. The molecular formula is C23H26N4O2S. The maximum Gasteiger partial charge on any atom is 0.268 e. The standard InChI is InChI=1S/C23H26N4O2S/c1-25-12-8-18(9-13-25)20-16-27(21-6-4-11-24-23(20)21)30(28,29)22-7-3-5-17-10-14-26(2)15-19(17)22/h3-8,11,16H,9-10,12-15H2,1-2H3. The third kappa shape index (κ3) is 3.17. The molecule has 0 radical (unpaired) electrons. The highest BCUT2D eigenvalue weighted by Crippen LogP contribution is 2.33. The first-order chi connectivity index (χ1) is 14.4. The molecule has 0 unspecified atom stereocenters. The maximum absolute atomic E-state index is 13.9. The highest BCUT2D eigenvalue weighted by Gasteiger charge is 2.28. The van der Waals surface area contributed by atoms with Crippen LogP contribution in [0.3, 0.4) is 0 Å². The summed E-state index contributed by atoms with van der Waals surface area (Å²) in [4.78, 5) is 9.38. The largest absolute Gasteiger partial charge is 0.302 e. The van der Waals surface area contributed by atoms with E-state index >= 15 is 0 Å². The molecule has 3 aromatic rings. The summed E-state index contributed by atoms with van der Waals surface area (Å²) in [5.41, 5.74) is 5.51. The van der Waals surface area contributed by atoms with Crippen LogP contribution in [0.25, 0.3) is 16.6 Å². The first kappa shape index (κ1) is 19.5. The van der Waals surface area contributed by atoms with Crippen LogP contribution in [-0.4, -0.2) is 60.9 Å². The summed E-state index contributed by atoms with van der Waals surface area (Å²) >= 11 is 0. The predicted octanol–water partition coefficient (Wildman–Crippen LogP) is 2.98. The van der Waals surface area contributed by atoms with Crippen molar-refractivity contribution in [1.82, 2.24) is 18.8 Å². The Morgan fingerprint density at radius 3 is 2.63 bits per heavy atom. The Hall–Kier alpha value is -2.48. The Morgan fingerprint density at radius 2 is 1.83 bits per heavy atom. The van der Waals surface area contributed by atoms with Crippen molar-refractivity contribution in [3.63, 3.8) is 0 Å². The van der Waals surface area contributed by atoms with Crippen LogP contribution in [0.15, 0.2) is 53.7 Å². The molecule has 2 aromatic heterocycles.